The van der Waals surface area contributed by atoms with Gasteiger partial charge in [-0.3, -0.25) is 4.79 Å². The molecule has 0 saturated heterocycles. The summed E-state index contributed by atoms with van der Waals surface area (Å²) in [5.74, 6) is 0.802. The second-order valence-electron chi connectivity index (χ2n) is 5.06. The highest BCUT2D eigenvalue weighted by molar-refractivity contribution is 9.10. The molecule has 6 nitrogen and oxygen atoms in total. The van der Waals surface area contributed by atoms with Crippen molar-refractivity contribution in [3.8, 4) is 17.2 Å². The van der Waals surface area contributed by atoms with E-state index in [-0.39, 0.29) is 11.7 Å². The zero-order valence-electron chi connectivity index (χ0n) is 13.5. The number of rotatable bonds is 6. The number of ether oxygens (including phenoxy) is 1. The van der Waals surface area contributed by atoms with Crippen LogP contribution in [0.2, 0.25) is 5.02 Å². The summed E-state index contributed by atoms with van der Waals surface area (Å²) in [6.07, 6.45) is 0. The van der Waals surface area contributed by atoms with Crippen LogP contribution in [0, 0.1) is 0 Å². The fourth-order valence-electron chi connectivity index (χ4n) is 2.07. The van der Waals surface area contributed by atoms with Crippen LogP contribution in [-0.4, -0.2) is 29.0 Å². The third-order valence-electron chi connectivity index (χ3n) is 3.26. The maximum Gasteiger partial charge on any atom is 0.277 e. The Morgan fingerprint density at radius 3 is 2.77 bits per heavy atom. The summed E-state index contributed by atoms with van der Waals surface area (Å²) in [6, 6.07) is 12.5. The van der Waals surface area contributed by atoms with Gasteiger partial charge in [0.25, 0.3) is 5.22 Å². The van der Waals surface area contributed by atoms with Crippen LogP contribution in [0.1, 0.15) is 0 Å². The van der Waals surface area contributed by atoms with E-state index in [4.69, 9.17) is 20.8 Å². The maximum absolute atomic E-state index is 12.2. The molecule has 1 aromatic heterocycles. The predicted molar refractivity (Wildman–Crippen MR) is 105 cm³/mol. The highest BCUT2D eigenvalue weighted by Gasteiger charge is 2.13. The van der Waals surface area contributed by atoms with E-state index in [0.29, 0.717) is 27.6 Å². The molecule has 3 aromatic rings. The Morgan fingerprint density at radius 1 is 1.27 bits per heavy atom. The number of benzene rings is 2. The highest BCUT2D eigenvalue weighted by atomic mass is 79.9. The number of hydrogen-bond acceptors (Lipinski definition) is 6. The van der Waals surface area contributed by atoms with E-state index in [1.165, 1.54) is 7.11 Å². The molecule has 0 bridgehead atoms. The minimum Gasteiger partial charge on any atom is -0.495 e. The van der Waals surface area contributed by atoms with Gasteiger partial charge in [-0.2, -0.15) is 0 Å². The minimum atomic E-state index is -0.237. The molecule has 0 fully saturated rings. The van der Waals surface area contributed by atoms with Crippen molar-refractivity contribution >= 4 is 50.9 Å². The van der Waals surface area contributed by atoms with Crippen LogP contribution in [-0.2, 0) is 4.79 Å². The van der Waals surface area contributed by atoms with Gasteiger partial charge < -0.3 is 14.5 Å². The zero-order chi connectivity index (χ0) is 18.5. The Kier molecular flexibility index (Phi) is 6.18. The number of anilines is 1. The molecule has 0 unspecified atom stereocenters. The molecule has 0 aliphatic heterocycles. The van der Waals surface area contributed by atoms with Gasteiger partial charge in [-0.05, 0) is 42.5 Å². The number of carbonyl (C=O) groups is 1. The summed E-state index contributed by atoms with van der Waals surface area (Å²) < 4.78 is 11.7. The second-order valence-corrected chi connectivity index (χ2v) is 7.34. The van der Waals surface area contributed by atoms with Crippen molar-refractivity contribution in [3.63, 3.8) is 0 Å². The van der Waals surface area contributed by atoms with E-state index < -0.39 is 0 Å². The molecule has 0 spiro atoms. The Balaban J connectivity index is 1.60. The summed E-state index contributed by atoms with van der Waals surface area (Å²) >= 11 is 10.5. The number of aromatic nitrogens is 2. The van der Waals surface area contributed by atoms with Gasteiger partial charge in [0.05, 0.1) is 18.6 Å². The average Bonchev–Trinajstić information content (AvgIpc) is 3.10. The first-order chi connectivity index (χ1) is 12.5. The number of amides is 1. The van der Waals surface area contributed by atoms with Crippen LogP contribution in [0.15, 0.2) is 56.6 Å². The molecule has 1 heterocycles. The molecule has 0 radical (unpaired) electrons. The summed E-state index contributed by atoms with van der Waals surface area (Å²) in [5, 5.41) is 11.5. The third kappa shape index (κ3) is 4.78. The molecular formula is C17H13BrClN3O3S. The Labute approximate surface area is 167 Å². The fourth-order valence-corrected chi connectivity index (χ4v) is 3.07. The van der Waals surface area contributed by atoms with Crippen LogP contribution in [0.5, 0.6) is 5.75 Å². The zero-order valence-corrected chi connectivity index (χ0v) is 16.7. The molecular weight excluding hydrogens is 442 g/mol. The normalized spacial score (nSPS) is 10.6. The van der Waals surface area contributed by atoms with Gasteiger partial charge in [0.1, 0.15) is 5.75 Å². The number of methoxy groups -OCH3 is 1. The summed E-state index contributed by atoms with van der Waals surface area (Å²) in [4.78, 5) is 12.2. The molecule has 0 aliphatic rings. The number of nitrogens with one attached hydrogen (secondary N) is 1. The Bertz CT molecular complexity index is 918. The van der Waals surface area contributed by atoms with Crippen molar-refractivity contribution in [1.29, 1.82) is 0 Å². The molecule has 1 N–H and O–H groups in total. The van der Waals surface area contributed by atoms with Crippen molar-refractivity contribution in [2.45, 2.75) is 5.22 Å². The maximum atomic E-state index is 12.2. The van der Waals surface area contributed by atoms with E-state index in [2.05, 4.69) is 31.4 Å². The molecule has 134 valence electrons. The summed E-state index contributed by atoms with van der Waals surface area (Å²) in [6.45, 7) is 0. The molecule has 26 heavy (non-hydrogen) atoms. The van der Waals surface area contributed by atoms with Crippen molar-refractivity contribution in [2.24, 2.45) is 0 Å². The van der Waals surface area contributed by atoms with E-state index >= 15 is 0 Å². The minimum absolute atomic E-state index is 0.109. The first-order valence-corrected chi connectivity index (χ1v) is 9.56. The Hall–Kier alpha value is -2.03. The number of hydrogen-bond donors (Lipinski definition) is 1. The monoisotopic (exact) mass is 453 g/mol. The van der Waals surface area contributed by atoms with E-state index in [9.17, 15) is 4.79 Å². The first-order valence-electron chi connectivity index (χ1n) is 7.41. The van der Waals surface area contributed by atoms with E-state index in [0.717, 1.165) is 21.8 Å². The van der Waals surface area contributed by atoms with Gasteiger partial charge in [0.2, 0.25) is 11.8 Å². The summed E-state index contributed by atoms with van der Waals surface area (Å²) in [5.41, 5.74) is 1.31. The molecule has 9 heteroatoms. The molecule has 0 atom stereocenters. The highest BCUT2D eigenvalue weighted by Crippen LogP contribution is 2.28. The van der Waals surface area contributed by atoms with Gasteiger partial charge >= 0.3 is 0 Å². The molecule has 1 amide bonds. The molecule has 2 aromatic carbocycles. The fraction of sp³-hybridized carbons (Fsp3) is 0.118. The average molecular weight is 455 g/mol. The molecule has 3 rings (SSSR count). The number of carbonyl (C=O) groups excluding carboxylic acids is 1. The third-order valence-corrected chi connectivity index (χ3v) is 4.84. The molecule has 0 saturated carbocycles. The van der Waals surface area contributed by atoms with Gasteiger partial charge in [-0.15, -0.1) is 10.2 Å². The smallest absolute Gasteiger partial charge is 0.277 e. The lowest BCUT2D eigenvalue weighted by atomic mass is 10.2. The second kappa shape index (κ2) is 8.57. The van der Waals surface area contributed by atoms with Crippen molar-refractivity contribution in [3.05, 3.63) is 52.0 Å². The predicted octanol–water partition coefficient (Wildman–Crippen LogP) is 4.89. The lowest BCUT2D eigenvalue weighted by Crippen LogP contribution is -2.14. The largest absolute Gasteiger partial charge is 0.495 e. The van der Waals surface area contributed by atoms with Gasteiger partial charge in [-0.25, -0.2) is 0 Å². The van der Waals surface area contributed by atoms with Crippen LogP contribution >= 0.6 is 39.3 Å². The lowest BCUT2D eigenvalue weighted by Gasteiger charge is -2.09. The van der Waals surface area contributed by atoms with Crippen LogP contribution in [0.25, 0.3) is 11.5 Å². The summed E-state index contributed by atoms with van der Waals surface area (Å²) in [7, 11) is 1.52. The number of halogens is 2. The van der Waals surface area contributed by atoms with Gasteiger partial charge in [-0.1, -0.05) is 39.3 Å². The van der Waals surface area contributed by atoms with Gasteiger partial charge in [0.15, 0.2) is 0 Å². The van der Waals surface area contributed by atoms with E-state index in [1.807, 2.05) is 24.3 Å². The molecule has 0 aliphatic carbocycles. The Morgan fingerprint density at radius 2 is 2.04 bits per heavy atom. The SMILES string of the molecule is COc1ccc(Cl)cc1NC(=O)CSc1nnc(-c2ccc(Br)cc2)o1. The number of thioether (sulfide) groups is 1. The van der Waals surface area contributed by atoms with Crippen molar-refractivity contribution < 1.29 is 13.9 Å². The van der Waals surface area contributed by atoms with Crippen LogP contribution in [0.4, 0.5) is 5.69 Å². The van der Waals surface area contributed by atoms with Crippen molar-refractivity contribution in [1.82, 2.24) is 10.2 Å². The first kappa shape index (κ1) is 18.8. The van der Waals surface area contributed by atoms with E-state index in [1.54, 1.807) is 18.2 Å². The standard InChI is InChI=1S/C17H13BrClN3O3S/c1-24-14-7-6-12(19)8-13(14)20-15(23)9-26-17-22-21-16(25-17)10-2-4-11(18)5-3-10/h2-8H,9H2,1H3,(H,20,23). The topological polar surface area (TPSA) is 77.2 Å². The van der Waals surface area contributed by atoms with Crippen LogP contribution < -0.4 is 10.1 Å². The number of nitrogens with zero attached hydrogens (tertiary/aromatic N) is 2. The lowest BCUT2D eigenvalue weighted by molar-refractivity contribution is -0.113. The van der Waals surface area contributed by atoms with Gasteiger partial charge in [0, 0.05) is 15.1 Å². The quantitative estimate of drug-likeness (QED) is 0.534. The van der Waals surface area contributed by atoms with Crippen molar-refractivity contribution in [2.75, 3.05) is 18.2 Å². The van der Waals surface area contributed by atoms with Crippen LogP contribution in [0.3, 0.4) is 0 Å².